The topological polar surface area (TPSA) is 78.9 Å². The van der Waals surface area contributed by atoms with E-state index in [9.17, 15) is 14.7 Å². The third-order valence-electron chi connectivity index (χ3n) is 3.00. The number of unbranched alkanes of at least 4 members (excludes halogenated alkanes) is 2. The molecule has 0 aromatic heterocycles. The van der Waals surface area contributed by atoms with Gasteiger partial charge in [-0.15, -0.1) is 0 Å². The normalized spacial score (nSPS) is 14.1. The molecule has 2 atom stereocenters. The van der Waals surface area contributed by atoms with Crippen molar-refractivity contribution in [2.24, 2.45) is 0 Å². The van der Waals surface area contributed by atoms with E-state index in [2.05, 4.69) is 12.2 Å². The lowest BCUT2D eigenvalue weighted by atomic mass is 10.1. The molecule has 0 aromatic carbocycles. The van der Waals surface area contributed by atoms with Crippen LogP contribution < -0.4 is 5.32 Å². The first-order chi connectivity index (χ1) is 10.1. The smallest absolute Gasteiger partial charge is 0.408 e. The van der Waals surface area contributed by atoms with Gasteiger partial charge in [0, 0.05) is 13.6 Å². The van der Waals surface area contributed by atoms with Crippen LogP contribution in [0.4, 0.5) is 4.79 Å². The summed E-state index contributed by atoms with van der Waals surface area (Å²) in [6.45, 7) is 9.27. The second-order valence-electron chi connectivity index (χ2n) is 6.76. The van der Waals surface area contributed by atoms with Crippen molar-refractivity contribution in [2.75, 3.05) is 13.6 Å². The summed E-state index contributed by atoms with van der Waals surface area (Å²) < 4.78 is 5.22. The van der Waals surface area contributed by atoms with E-state index in [1.54, 1.807) is 34.7 Å². The van der Waals surface area contributed by atoms with E-state index in [0.29, 0.717) is 6.42 Å². The zero-order valence-corrected chi connectivity index (χ0v) is 14.8. The maximum Gasteiger partial charge on any atom is 0.408 e. The molecule has 0 radical (unpaired) electrons. The number of aliphatic hydroxyl groups is 1. The van der Waals surface area contributed by atoms with Crippen molar-refractivity contribution in [1.29, 1.82) is 0 Å². The summed E-state index contributed by atoms with van der Waals surface area (Å²) in [6.07, 6.45) is 2.26. The van der Waals surface area contributed by atoms with E-state index in [1.807, 2.05) is 0 Å². The Labute approximate surface area is 134 Å². The van der Waals surface area contributed by atoms with Crippen LogP contribution in [0.1, 0.15) is 60.3 Å². The lowest BCUT2D eigenvalue weighted by Gasteiger charge is -2.27. The Hall–Kier alpha value is -1.30. The predicted molar refractivity (Wildman–Crippen MR) is 86.6 cm³/mol. The van der Waals surface area contributed by atoms with Crippen molar-refractivity contribution in [2.45, 2.75) is 78.0 Å². The quantitative estimate of drug-likeness (QED) is 0.674. The van der Waals surface area contributed by atoms with Crippen LogP contribution in [0.3, 0.4) is 0 Å². The van der Waals surface area contributed by atoms with Gasteiger partial charge in [0.25, 0.3) is 0 Å². The SMILES string of the molecule is CCCCCC(NC(=O)OC(C)(C)C)C(=O)N(C)CC(C)O. The number of hydrogen-bond acceptors (Lipinski definition) is 4. The van der Waals surface area contributed by atoms with Gasteiger partial charge in [0.2, 0.25) is 5.91 Å². The van der Waals surface area contributed by atoms with Gasteiger partial charge in [-0.1, -0.05) is 26.2 Å². The summed E-state index contributed by atoms with van der Waals surface area (Å²) in [5.41, 5.74) is -0.605. The van der Waals surface area contributed by atoms with E-state index in [1.165, 1.54) is 4.90 Å². The van der Waals surface area contributed by atoms with Crippen LogP contribution in [0.2, 0.25) is 0 Å². The van der Waals surface area contributed by atoms with Crippen LogP contribution in [0.5, 0.6) is 0 Å². The number of amides is 2. The number of likely N-dealkylation sites (N-methyl/N-ethyl adjacent to an activating group) is 1. The number of hydrogen-bond donors (Lipinski definition) is 2. The Morgan fingerprint density at radius 2 is 1.86 bits per heavy atom. The highest BCUT2D eigenvalue weighted by atomic mass is 16.6. The Balaban J connectivity index is 4.73. The number of ether oxygens (including phenoxy) is 1. The summed E-state index contributed by atoms with van der Waals surface area (Å²) in [4.78, 5) is 25.8. The number of alkyl carbamates (subject to hydrolysis) is 1. The lowest BCUT2D eigenvalue weighted by molar-refractivity contribution is -0.133. The fourth-order valence-electron chi connectivity index (χ4n) is 2.06. The number of carbonyl (C=O) groups is 2. The van der Waals surface area contributed by atoms with Gasteiger partial charge < -0.3 is 20.1 Å². The molecule has 0 bridgehead atoms. The third-order valence-corrected chi connectivity index (χ3v) is 3.00. The average Bonchev–Trinajstić information content (AvgIpc) is 2.33. The second-order valence-corrected chi connectivity index (χ2v) is 6.76. The maximum atomic E-state index is 12.4. The monoisotopic (exact) mass is 316 g/mol. The zero-order valence-electron chi connectivity index (χ0n) is 14.8. The van der Waals surface area contributed by atoms with Crippen molar-refractivity contribution in [3.63, 3.8) is 0 Å². The van der Waals surface area contributed by atoms with Crippen molar-refractivity contribution >= 4 is 12.0 Å². The molecule has 130 valence electrons. The molecule has 0 spiro atoms. The van der Waals surface area contributed by atoms with Gasteiger partial charge in [-0.05, 0) is 34.1 Å². The number of nitrogens with one attached hydrogen (secondary N) is 1. The Kier molecular flexibility index (Phi) is 9.09. The predicted octanol–water partition coefficient (Wildman–Crippen LogP) is 2.30. The molecule has 2 N–H and O–H groups in total. The molecule has 0 aliphatic carbocycles. The number of nitrogens with zero attached hydrogens (tertiary/aromatic N) is 1. The molecular formula is C16H32N2O4. The van der Waals surface area contributed by atoms with E-state index in [0.717, 1.165) is 19.3 Å². The number of rotatable bonds is 8. The minimum atomic E-state index is -0.620. The fraction of sp³-hybridized carbons (Fsp3) is 0.875. The maximum absolute atomic E-state index is 12.4. The van der Waals surface area contributed by atoms with Crippen molar-refractivity contribution in [1.82, 2.24) is 10.2 Å². The molecule has 0 fully saturated rings. The van der Waals surface area contributed by atoms with Gasteiger partial charge in [0.1, 0.15) is 11.6 Å². The van der Waals surface area contributed by atoms with Crippen LogP contribution in [0, 0.1) is 0 Å². The molecule has 0 aromatic rings. The summed E-state index contributed by atoms with van der Waals surface area (Å²) >= 11 is 0. The average molecular weight is 316 g/mol. The van der Waals surface area contributed by atoms with Crippen molar-refractivity contribution < 1.29 is 19.4 Å². The molecule has 0 aliphatic rings. The highest BCUT2D eigenvalue weighted by molar-refractivity contribution is 5.85. The zero-order chi connectivity index (χ0) is 17.3. The second kappa shape index (κ2) is 9.66. The largest absolute Gasteiger partial charge is 0.444 e. The molecule has 2 amide bonds. The van der Waals surface area contributed by atoms with E-state index >= 15 is 0 Å². The first-order valence-electron chi connectivity index (χ1n) is 7.99. The number of carbonyl (C=O) groups excluding carboxylic acids is 2. The van der Waals surface area contributed by atoms with Gasteiger partial charge in [-0.3, -0.25) is 4.79 Å². The highest BCUT2D eigenvalue weighted by Gasteiger charge is 2.26. The van der Waals surface area contributed by atoms with E-state index in [4.69, 9.17) is 4.74 Å². The van der Waals surface area contributed by atoms with Crippen LogP contribution >= 0.6 is 0 Å². The molecule has 0 saturated carbocycles. The van der Waals surface area contributed by atoms with Gasteiger partial charge >= 0.3 is 6.09 Å². The minimum Gasteiger partial charge on any atom is -0.444 e. The Morgan fingerprint density at radius 1 is 1.27 bits per heavy atom. The molecule has 22 heavy (non-hydrogen) atoms. The highest BCUT2D eigenvalue weighted by Crippen LogP contribution is 2.10. The molecule has 6 nitrogen and oxygen atoms in total. The Bertz CT molecular complexity index is 351. The lowest BCUT2D eigenvalue weighted by Crippen LogP contribution is -2.49. The van der Waals surface area contributed by atoms with E-state index in [-0.39, 0.29) is 12.5 Å². The van der Waals surface area contributed by atoms with Crippen LogP contribution in [0.15, 0.2) is 0 Å². The van der Waals surface area contributed by atoms with Gasteiger partial charge in [-0.2, -0.15) is 0 Å². The molecule has 0 rings (SSSR count). The number of aliphatic hydroxyl groups excluding tert-OH is 1. The molecule has 0 aliphatic heterocycles. The summed E-state index contributed by atoms with van der Waals surface area (Å²) in [5, 5.41) is 12.0. The summed E-state index contributed by atoms with van der Waals surface area (Å²) in [7, 11) is 1.62. The summed E-state index contributed by atoms with van der Waals surface area (Å²) in [6, 6.07) is -0.620. The fourth-order valence-corrected chi connectivity index (χ4v) is 2.06. The summed E-state index contributed by atoms with van der Waals surface area (Å²) in [5.74, 6) is -0.206. The molecule has 0 saturated heterocycles. The van der Waals surface area contributed by atoms with E-state index < -0.39 is 23.8 Å². The molecular weight excluding hydrogens is 284 g/mol. The van der Waals surface area contributed by atoms with Gasteiger partial charge in [0.15, 0.2) is 0 Å². The molecule has 0 heterocycles. The van der Waals surface area contributed by atoms with Gasteiger partial charge in [0.05, 0.1) is 6.10 Å². The van der Waals surface area contributed by atoms with Crippen LogP contribution in [-0.2, 0) is 9.53 Å². The third kappa shape index (κ3) is 9.60. The van der Waals surface area contributed by atoms with Gasteiger partial charge in [-0.25, -0.2) is 4.79 Å². The standard InChI is InChI=1S/C16H32N2O4/c1-7-8-9-10-13(14(20)18(6)11-12(2)19)17-15(21)22-16(3,4)5/h12-13,19H,7-11H2,1-6H3,(H,17,21). The first kappa shape index (κ1) is 20.7. The van der Waals surface area contributed by atoms with Crippen LogP contribution in [-0.4, -0.2) is 53.3 Å². The molecule has 6 heteroatoms. The van der Waals surface area contributed by atoms with Crippen LogP contribution in [0.25, 0.3) is 0 Å². The minimum absolute atomic E-state index is 0.206. The Morgan fingerprint density at radius 3 is 2.32 bits per heavy atom. The first-order valence-corrected chi connectivity index (χ1v) is 7.99. The van der Waals surface area contributed by atoms with Crippen molar-refractivity contribution in [3.8, 4) is 0 Å². The molecule has 2 unspecified atom stereocenters. The van der Waals surface area contributed by atoms with Crippen molar-refractivity contribution in [3.05, 3.63) is 0 Å².